The lowest BCUT2D eigenvalue weighted by atomic mass is 10.1. The van der Waals surface area contributed by atoms with Crippen LogP contribution in [0.4, 0.5) is 5.69 Å². The van der Waals surface area contributed by atoms with E-state index >= 15 is 0 Å². The van der Waals surface area contributed by atoms with Crippen molar-refractivity contribution in [3.63, 3.8) is 0 Å². The highest BCUT2D eigenvalue weighted by Gasteiger charge is 2.32. The molecule has 3 rings (SSSR count). The van der Waals surface area contributed by atoms with Crippen molar-refractivity contribution in [1.29, 1.82) is 0 Å². The molecule has 0 aliphatic rings. The highest BCUT2D eigenvalue weighted by atomic mass is 32.2. The predicted molar refractivity (Wildman–Crippen MR) is 144 cm³/mol. The first-order valence-corrected chi connectivity index (χ1v) is 13.3. The number of hydrogen-bond acceptors (Lipinski definition) is 5. The van der Waals surface area contributed by atoms with Gasteiger partial charge in [-0.1, -0.05) is 48.0 Å². The van der Waals surface area contributed by atoms with Gasteiger partial charge in [0.1, 0.15) is 18.3 Å². The van der Waals surface area contributed by atoms with Crippen molar-refractivity contribution in [1.82, 2.24) is 10.2 Å². The van der Waals surface area contributed by atoms with Gasteiger partial charge in [-0.3, -0.25) is 13.9 Å². The number of amides is 2. The fraction of sp³-hybridized carbons (Fsp3) is 0.286. The molecule has 0 saturated carbocycles. The number of anilines is 1. The third-order valence-electron chi connectivity index (χ3n) is 6.16. The Morgan fingerprint density at radius 2 is 1.62 bits per heavy atom. The molecule has 0 bridgehead atoms. The second-order valence-corrected chi connectivity index (χ2v) is 10.6. The fourth-order valence-electron chi connectivity index (χ4n) is 4.04. The maximum atomic E-state index is 13.8. The number of carbonyl (C=O) groups excluding carboxylic acids is 2. The molecule has 196 valence electrons. The van der Waals surface area contributed by atoms with Crippen LogP contribution in [-0.2, 0) is 26.2 Å². The van der Waals surface area contributed by atoms with E-state index in [1.165, 1.54) is 24.1 Å². The van der Waals surface area contributed by atoms with E-state index in [1.807, 2.05) is 26.0 Å². The van der Waals surface area contributed by atoms with E-state index in [1.54, 1.807) is 62.6 Å². The summed E-state index contributed by atoms with van der Waals surface area (Å²) < 4.78 is 33.9. The highest BCUT2D eigenvalue weighted by molar-refractivity contribution is 7.92. The number of benzene rings is 3. The molecule has 0 aliphatic carbocycles. The molecule has 0 unspecified atom stereocenters. The Balaban J connectivity index is 2.04. The minimum absolute atomic E-state index is 0.0730. The molecule has 0 heterocycles. The molecule has 0 aliphatic heterocycles. The lowest BCUT2D eigenvalue weighted by Crippen LogP contribution is -2.50. The normalized spacial score (nSPS) is 11.9. The zero-order valence-corrected chi connectivity index (χ0v) is 22.6. The van der Waals surface area contributed by atoms with Crippen molar-refractivity contribution in [2.75, 3.05) is 25.0 Å². The molecule has 0 fully saturated rings. The predicted octanol–water partition coefficient (Wildman–Crippen LogP) is 3.67. The Kier molecular flexibility index (Phi) is 8.94. The zero-order chi connectivity index (χ0) is 27.2. The van der Waals surface area contributed by atoms with Crippen LogP contribution in [0.25, 0.3) is 0 Å². The van der Waals surface area contributed by atoms with Gasteiger partial charge in [0.05, 0.1) is 17.7 Å². The van der Waals surface area contributed by atoms with Gasteiger partial charge in [-0.05, 0) is 62.2 Å². The number of sulfonamides is 1. The average Bonchev–Trinajstić information content (AvgIpc) is 2.90. The molecule has 0 spiro atoms. The minimum atomic E-state index is -4.08. The molecule has 3 aromatic rings. The summed E-state index contributed by atoms with van der Waals surface area (Å²) in [5.74, 6) is -0.201. The third-order valence-corrected chi connectivity index (χ3v) is 7.93. The lowest BCUT2D eigenvalue weighted by Gasteiger charge is -2.32. The van der Waals surface area contributed by atoms with Crippen molar-refractivity contribution in [2.45, 2.75) is 38.3 Å². The number of carbonyl (C=O) groups is 2. The molecule has 2 amide bonds. The topological polar surface area (TPSA) is 96.0 Å². The van der Waals surface area contributed by atoms with Crippen LogP contribution in [0, 0.1) is 13.8 Å². The van der Waals surface area contributed by atoms with Gasteiger partial charge in [0, 0.05) is 13.6 Å². The summed E-state index contributed by atoms with van der Waals surface area (Å²) in [4.78, 5) is 27.8. The van der Waals surface area contributed by atoms with Gasteiger partial charge in [0.2, 0.25) is 11.8 Å². The zero-order valence-electron chi connectivity index (χ0n) is 21.8. The summed E-state index contributed by atoms with van der Waals surface area (Å²) in [6.07, 6.45) is 0. The minimum Gasteiger partial charge on any atom is -0.497 e. The van der Waals surface area contributed by atoms with Crippen molar-refractivity contribution < 1.29 is 22.7 Å². The van der Waals surface area contributed by atoms with Gasteiger partial charge in [0.15, 0.2) is 0 Å². The van der Waals surface area contributed by atoms with E-state index in [0.29, 0.717) is 17.0 Å². The summed E-state index contributed by atoms with van der Waals surface area (Å²) in [5.41, 5.74) is 2.86. The summed E-state index contributed by atoms with van der Waals surface area (Å²) in [7, 11) is -1.02. The second kappa shape index (κ2) is 11.9. The van der Waals surface area contributed by atoms with Crippen LogP contribution in [0.2, 0.25) is 0 Å². The summed E-state index contributed by atoms with van der Waals surface area (Å²) in [6, 6.07) is 19.7. The van der Waals surface area contributed by atoms with Crippen molar-refractivity contribution in [3.8, 4) is 5.75 Å². The van der Waals surface area contributed by atoms with E-state index in [0.717, 1.165) is 15.4 Å². The van der Waals surface area contributed by atoms with Crippen LogP contribution >= 0.6 is 0 Å². The second-order valence-electron chi connectivity index (χ2n) is 8.77. The standard InChI is InChI=1S/C28H33N3O5S/c1-20-11-16-26(21(2)17-20)31(37(34,35)25-9-7-6-8-10-25)19-27(32)30(22(3)28(33)29-4)18-23-12-14-24(36-5)15-13-23/h6-17,22H,18-19H2,1-5H3,(H,29,33)/t22-/m1/s1. The average molecular weight is 524 g/mol. The van der Waals surface area contributed by atoms with Crippen LogP contribution in [0.1, 0.15) is 23.6 Å². The first-order valence-electron chi connectivity index (χ1n) is 11.9. The van der Waals surface area contributed by atoms with E-state index in [9.17, 15) is 18.0 Å². The van der Waals surface area contributed by atoms with Crippen LogP contribution in [-0.4, -0.2) is 51.9 Å². The monoisotopic (exact) mass is 523 g/mol. The Hall–Kier alpha value is -3.85. The Morgan fingerprint density at radius 1 is 0.973 bits per heavy atom. The summed E-state index contributed by atoms with van der Waals surface area (Å²) in [6.45, 7) is 4.98. The SMILES string of the molecule is CNC(=O)[C@@H](C)N(Cc1ccc(OC)cc1)C(=O)CN(c1ccc(C)cc1C)S(=O)(=O)c1ccccc1. The number of methoxy groups -OCH3 is 1. The third kappa shape index (κ3) is 6.48. The van der Waals surface area contributed by atoms with Gasteiger partial charge in [-0.25, -0.2) is 8.42 Å². The maximum Gasteiger partial charge on any atom is 0.264 e. The van der Waals surface area contributed by atoms with Gasteiger partial charge < -0.3 is 15.0 Å². The van der Waals surface area contributed by atoms with Crippen LogP contribution in [0.5, 0.6) is 5.75 Å². The van der Waals surface area contributed by atoms with E-state index in [-0.39, 0.29) is 17.3 Å². The van der Waals surface area contributed by atoms with Crippen molar-refractivity contribution in [3.05, 3.63) is 89.5 Å². The molecule has 9 heteroatoms. The molecule has 8 nitrogen and oxygen atoms in total. The molecule has 1 N–H and O–H groups in total. The maximum absolute atomic E-state index is 13.8. The van der Waals surface area contributed by atoms with E-state index in [4.69, 9.17) is 4.74 Å². The lowest BCUT2D eigenvalue weighted by molar-refractivity contribution is -0.139. The van der Waals surface area contributed by atoms with Crippen molar-refractivity contribution in [2.24, 2.45) is 0 Å². The molecule has 37 heavy (non-hydrogen) atoms. The Morgan fingerprint density at radius 3 is 2.19 bits per heavy atom. The van der Waals surface area contributed by atoms with Gasteiger partial charge in [-0.2, -0.15) is 0 Å². The van der Waals surface area contributed by atoms with Crippen LogP contribution in [0.3, 0.4) is 0 Å². The van der Waals surface area contributed by atoms with E-state index in [2.05, 4.69) is 5.32 Å². The summed E-state index contributed by atoms with van der Waals surface area (Å²) >= 11 is 0. The number of ether oxygens (including phenoxy) is 1. The molecular weight excluding hydrogens is 490 g/mol. The number of likely N-dealkylation sites (N-methyl/N-ethyl adjacent to an activating group) is 1. The molecule has 1 atom stereocenters. The Labute approximate surface area is 218 Å². The molecule has 0 radical (unpaired) electrons. The quantitative estimate of drug-likeness (QED) is 0.438. The Bertz CT molecular complexity index is 1340. The summed E-state index contributed by atoms with van der Waals surface area (Å²) in [5, 5.41) is 2.58. The van der Waals surface area contributed by atoms with Gasteiger partial charge >= 0.3 is 0 Å². The molecular formula is C28H33N3O5S. The fourth-order valence-corrected chi connectivity index (χ4v) is 5.54. The number of nitrogens with one attached hydrogen (secondary N) is 1. The first kappa shape index (κ1) is 27.7. The number of nitrogens with zero attached hydrogens (tertiary/aromatic N) is 2. The molecule has 0 saturated heterocycles. The van der Waals surface area contributed by atoms with Gasteiger partial charge in [-0.15, -0.1) is 0 Å². The van der Waals surface area contributed by atoms with Gasteiger partial charge in [0.25, 0.3) is 10.0 Å². The van der Waals surface area contributed by atoms with Crippen LogP contribution in [0.15, 0.2) is 77.7 Å². The van der Waals surface area contributed by atoms with Crippen LogP contribution < -0.4 is 14.4 Å². The number of hydrogen-bond donors (Lipinski definition) is 1. The molecule has 3 aromatic carbocycles. The first-order chi connectivity index (χ1) is 17.6. The largest absolute Gasteiger partial charge is 0.497 e. The number of aryl methyl sites for hydroxylation is 2. The molecule has 0 aromatic heterocycles. The van der Waals surface area contributed by atoms with Crippen molar-refractivity contribution >= 4 is 27.5 Å². The van der Waals surface area contributed by atoms with E-state index < -0.39 is 28.5 Å². The highest BCUT2D eigenvalue weighted by Crippen LogP contribution is 2.28. The number of rotatable bonds is 10. The smallest absolute Gasteiger partial charge is 0.264 e.